The number of piperidine rings is 1. The first-order valence-electron chi connectivity index (χ1n) is 9.06. The standard InChI is InChI=1S/C19H26N4O/c1-20-11-13-21(14-12-20)18-8-7-17-6-5-16(15-23(17)18)19(24)22-9-3-2-4-10-22/h5-8,15H,2-4,9-14H2,1H3. The first kappa shape index (κ1) is 15.5. The first-order valence-corrected chi connectivity index (χ1v) is 9.06. The SMILES string of the molecule is CN1CCN(c2ccc3ccc(C(=O)N4CCCCC4)cn23)CC1. The predicted molar refractivity (Wildman–Crippen MR) is 96.9 cm³/mol. The van der Waals surface area contributed by atoms with Crippen LogP contribution in [0.2, 0.25) is 0 Å². The minimum atomic E-state index is 0.176. The van der Waals surface area contributed by atoms with Gasteiger partial charge in [-0.2, -0.15) is 0 Å². The van der Waals surface area contributed by atoms with Crippen molar-refractivity contribution in [2.75, 3.05) is 51.2 Å². The van der Waals surface area contributed by atoms with E-state index in [1.54, 1.807) is 0 Å². The van der Waals surface area contributed by atoms with Gasteiger partial charge in [-0.05, 0) is 50.6 Å². The van der Waals surface area contributed by atoms with Gasteiger partial charge in [-0.25, -0.2) is 0 Å². The minimum absolute atomic E-state index is 0.176. The predicted octanol–water partition coefficient (Wildman–Crippen LogP) is 2.32. The Bertz CT molecular complexity index is 724. The van der Waals surface area contributed by atoms with Crippen LogP contribution >= 0.6 is 0 Å². The number of hydrogen-bond donors (Lipinski definition) is 0. The Kier molecular flexibility index (Phi) is 4.19. The summed E-state index contributed by atoms with van der Waals surface area (Å²) in [4.78, 5) is 19.6. The largest absolute Gasteiger partial charge is 0.355 e. The summed E-state index contributed by atoms with van der Waals surface area (Å²) < 4.78 is 2.18. The molecule has 0 aromatic carbocycles. The summed E-state index contributed by atoms with van der Waals surface area (Å²) >= 11 is 0. The third-order valence-corrected chi connectivity index (χ3v) is 5.35. The zero-order valence-corrected chi connectivity index (χ0v) is 14.4. The Hall–Kier alpha value is -2.01. The summed E-state index contributed by atoms with van der Waals surface area (Å²) in [7, 11) is 2.17. The molecule has 128 valence electrons. The summed E-state index contributed by atoms with van der Waals surface area (Å²) in [6.07, 6.45) is 5.53. The molecule has 0 N–H and O–H groups in total. The van der Waals surface area contributed by atoms with Crippen molar-refractivity contribution in [1.82, 2.24) is 14.2 Å². The lowest BCUT2D eigenvalue weighted by atomic mass is 10.1. The quantitative estimate of drug-likeness (QED) is 0.849. The lowest BCUT2D eigenvalue weighted by molar-refractivity contribution is 0.0724. The van der Waals surface area contributed by atoms with E-state index < -0.39 is 0 Å². The number of fused-ring (bicyclic) bond motifs is 1. The zero-order chi connectivity index (χ0) is 16.5. The van der Waals surface area contributed by atoms with Gasteiger partial charge in [0.05, 0.1) is 5.56 Å². The van der Waals surface area contributed by atoms with Crippen LogP contribution in [0, 0.1) is 0 Å². The topological polar surface area (TPSA) is 31.2 Å². The molecule has 0 saturated carbocycles. The van der Waals surface area contributed by atoms with Gasteiger partial charge in [-0.15, -0.1) is 0 Å². The monoisotopic (exact) mass is 326 g/mol. The Morgan fingerprint density at radius 2 is 1.58 bits per heavy atom. The second-order valence-corrected chi connectivity index (χ2v) is 7.05. The Balaban J connectivity index is 1.62. The highest BCUT2D eigenvalue weighted by molar-refractivity contribution is 5.94. The molecule has 0 radical (unpaired) electrons. The van der Waals surface area contributed by atoms with Crippen LogP contribution in [0.25, 0.3) is 5.52 Å². The van der Waals surface area contributed by atoms with Crippen molar-refractivity contribution in [3.05, 3.63) is 36.0 Å². The summed E-state index contributed by atoms with van der Waals surface area (Å²) in [5, 5.41) is 0. The highest BCUT2D eigenvalue weighted by atomic mass is 16.2. The fourth-order valence-electron chi connectivity index (χ4n) is 3.79. The van der Waals surface area contributed by atoms with E-state index in [2.05, 4.69) is 39.4 Å². The van der Waals surface area contributed by atoms with E-state index in [-0.39, 0.29) is 5.91 Å². The van der Waals surface area contributed by atoms with Crippen LogP contribution in [-0.4, -0.2) is 66.4 Å². The minimum Gasteiger partial charge on any atom is -0.355 e. The molecule has 0 bridgehead atoms. The molecular formula is C19H26N4O. The van der Waals surface area contributed by atoms with Crippen molar-refractivity contribution < 1.29 is 4.79 Å². The number of likely N-dealkylation sites (tertiary alicyclic amines) is 1. The molecule has 1 amide bonds. The first-order chi connectivity index (χ1) is 11.7. The average Bonchev–Trinajstić information content (AvgIpc) is 3.05. The normalized spacial score (nSPS) is 19.9. The van der Waals surface area contributed by atoms with E-state index in [0.29, 0.717) is 0 Å². The molecule has 0 spiro atoms. The zero-order valence-electron chi connectivity index (χ0n) is 14.4. The molecule has 0 unspecified atom stereocenters. The molecule has 5 heteroatoms. The molecule has 2 aromatic rings. The van der Waals surface area contributed by atoms with Gasteiger partial charge < -0.3 is 19.1 Å². The number of likely N-dealkylation sites (N-methyl/N-ethyl adjacent to an activating group) is 1. The van der Waals surface area contributed by atoms with E-state index >= 15 is 0 Å². The van der Waals surface area contributed by atoms with Crippen molar-refractivity contribution in [3.8, 4) is 0 Å². The molecule has 4 heterocycles. The Morgan fingerprint density at radius 1 is 0.875 bits per heavy atom. The maximum absolute atomic E-state index is 12.8. The molecule has 4 rings (SSSR count). The number of piperazine rings is 1. The van der Waals surface area contributed by atoms with Gasteiger partial charge in [0.15, 0.2) is 0 Å². The highest BCUT2D eigenvalue weighted by Crippen LogP contribution is 2.22. The van der Waals surface area contributed by atoms with Crippen molar-refractivity contribution in [2.45, 2.75) is 19.3 Å². The fraction of sp³-hybridized carbons (Fsp3) is 0.526. The lowest BCUT2D eigenvalue weighted by Crippen LogP contribution is -2.44. The van der Waals surface area contributed by atoms with Crippen LogP contribution in [-0.2, 0) is 0 Å². The summed E-state index contributed by atoms with van der Waals surface area (Å²) in [6.45, 7) is 6.03. The van der Waals surface area contributed by atoms with E-state index in [0.717, 1.165) is 63.2 Å². The van der Waals surface area contributed by atoms with Crippen LogP contribution in [0.4, 0.5) is 5.82 Å². The van der Waals surface area contributed by atoms with Gasteiger partial charge in [-0.3, -0.25) is 4.79 Å². The summed E-state index contributed by atoms with van der Waals surface area (Å²) in [5.74, 6) is 1.38. The lowest BCUT2D eigenvalue weighted by Gasteiger charge is -2.33. The van der Waals surface area contributed by atoms with Gasteiger partial charge in [0.25, 0.3) is 5.91 Å². The third-order valence-electron chi connectivity index (χ3n) is 5.35. The second-order valence-electron chi connectivity index (χ2n) is 7.05. The Labute approximate surface area is 143 Å². The molecule has 2 aromatic heterocycles. The number of amides is 1. The number of pyridine rings is 1. The maximum atomic E-state index is 12.8. The molecule has 0 aliphatic carbocycles. The van der Waals surface area contributed by atoms with Crippen molar-refractivity contribution >= 4 is 17.2 Å². The van der Waals surface area contributed by atoms with Crippen LogP contribution in [0.5, 0.6) is 0 Å². The number of carbonyl (C=O) groups excluding carboxylic acids is 1. The number of hydrogen-bond acceptors (Lipinski definition) is 3. The van der Waals surface area contributed by atoms with Crippen molar-refractivity contribution in [2.24, 2.45) is 0 Å². The molecular weight excluding hydrogens is 300 g/mol. The van der Waals surface area contributed by atoms with E-state index in [9.17, 15) is 4.79 Å². The molecule has 2 fully saturated rings. The van der Waals surface area contributed by atoms with Gasteiger partial charge in [0, 0.05) is 51.0 Å². The summed E-state index contributed by atoms with van der Waals surface area (Å²) in [6, 6.07) is 8.36. The van der Waals surface area contributed by atoms with Crippen molar-refractivity contribution in [1.29, 1.82) is 0 Å². The number of rotatable bonds is 2. The molecule has 0 atom stereocenters. The Morgan fingerprint density at radius 3 is 2.33 bits per heavy atom. The maximum Gasteiger partial charge on any atom is 0.255 e. The average molecular weight is 326 g/mol. The van der Waals surface area contributed by atoms with Crippen LogP contribution in [0.1, 0.15) is 29.6 Å². The van der Waals surface area contributed by atoms with Gasteiger partial charge >= 0.3 is 0 Å². The smallest absolute Gasteiger partial charge is 0.255 e. The van der Waals surface area contributed by atoms with Crippen LogP contribution in [0.15, 0.2) is 30.5 Å². The van der Waals surface area contributed by atoms with E-state index in [1.165, 1.54) is 12.2 Å². The van der Waals surface area contributed by atoms with Crippen LogP contribution in [0.3, 0.4) is 0 Å². The van der Waals surface area contributed by atoms with Crippen LogP contribution < -0.4 is 4.90 Å². The van der Waals surface area contributed by atoms with Gasteiger partial charge in [0.1, 0.15) is 5.82 Å². The number of aromatic nitrogens is 1. The van der Waals surface area contributed by atoms with Crippen molar-refractivity contribution in [3.63, 3.8) is 0 Å². The summed E-state index contributed by atoms with van der Waals surface area (Å²) in [5.41, 5.74) is 1.95. The molecule has 2 aliphatic heterocycles. The number of nitrogens with zero attached hydrogens (tertiary/aromatic N) is 4. The molecule has 5 nitrogen and oxygen atoms in total. The van der Waals surface area contributed by atoms with E-state index in [4.69, 9.17) is 0 Å². The van der Waals surface area contributed by atoms with Gasteiger partial charge in [-0.1, -0.05) is 0 Å². The number of anilines is 1. The molecule has 24 heavy (non-hydrogen) atoms. The highest BCUT2D eigenvalue weighted by Gasteiger charge is 2.20. The molecule has 2 saturated heterocycles. The van der Waals surface area contributed by atoms with E-state index in [1.807, 2.05) is 17.2 Å². The second kappa shape index (κ2) is 6.48. The number of carbonyl (C=O) groups is 1. The third kappa shape index (κ3) is 2.88. The fourth-order valence-corrected chi connectivity index (χ4v) is 3.79. The molecule has 2 aliphatic rings. The van der Waals surface area contributed by atoms with Gasteiger partial charge in [0.2, 0.25) is 0 Å².